The Bertz CT molecular complexity index is 465. The number of nitrogens with zero attached hydrogens (tertiary/aromatic N) is 1. The highest BCUT2D eigenvalue weighted by Gasteiger charge is 2.02. The molecule has 0 aliphatic rings. The number of aryl methyl sites for hydroxylation is 1. The van der Waals surface area contributed by atoms with Crippen LogP contribution in [0.3, 0.4) is 0 Å². The fourth-order valence-corrected chi connectivity index (χ4v) is 1.83. The van der Waals surface area contributed by atoms with Gasteiger partial charge in [-0.1, -0.05) is 49.4 Å². The summed E-state index contributed by atoms with van der Waals surface area (Å²) in [5.74, 6) is 6.08. The summed E-state index contributed by atoms with van der Waals surface area (Å²) in [7, 11) is 0. The van der Waals surface area contributed by atoms with E-state index in [2.05, 4.69) is 37.3 Å². The van der Waals surface area contributed by atoms with Crippen LogP contribution in [-0.2, 0) is 13.0 Å². The van der Waals surface area contributed by atoms with Crippen molar-refractivity contribution in [3.05, 3.63) is 65.7 Å². The third-order valence-electron chi connectivity index (χ3n) is 2.85. The van der Waals surface area contributed by atoms with Crippen molar-refractivity contribution >= 4 is 5.69 Å². The highest BCUT2D eigenvalue weighted by molar-refractivity contribution is 5.47. The summed E-state index contributed by atoms with van der Waals surface area (Å²) in [5.41, 5.74) is 3.59. The normalized spacial score (nSPS) is 10.2. The zero-order valence-corrected chi connectivity index (χ0v) is 10.1. The molecular formula is C15H18N2. The van der Waals surface area contributed by atoms with Gasteiger partial charge in [0.2, 0.25) is 0 Å². The van der Waals surface area contributed by atoms with Gasteiger partial charge in [0.15, 0.2) is 0 Å². The lowest BCUT2D eigenvalue weighted by Crippen LogP contribution is -2.30. The summed E-state index contributed by atoms with van der Waals surface area (Å²) < 4.78 is 0. The van der Waals surface area contributed by atoms with E-state index >= 15 is 0 Å². The van der Waals surface area contributed by atoms with Gasteiger partial charge in [-0.2, -0.15) is 0 Å². The smallest absolute Gasteiger partial charge is 0.0592 e. The summed E-state index contributed by atoms with van der Waals surface area (Å²) in [6.45, 7) is 2.88. The molecule has 17 heavy (non-hydrogen) atoms. The maximum Gasteiger partial charge on any atom is 0.0592 e. The lowest BCUT2D eigenvalue weighted by Gasteiger charge is -2.19. The standard InChI is InChI=1S/C15H18N2/c1-2-13-9-6-10-15(11-13)17(16)12-14-7-4-3-5-8-14/h3-11H,2,12,16H2,1H3. The van der Waals surface area contributed by atoms with Crippen LogP contribution >= 0.6 is 0 Å². The second kappa shape index (κ2) is 5.51. The van der Waals surface area contributed by atoms with Crippen molar-refractivity contribution in [3.63, 3.8) is 0 Å². The predicted octanol–water partition coefficient (Wildman–Crippen LogP) is 3.13. The molecule has 2 heteroatoms. The van der Waals surface area contributed by atoms with E-state index in [9.17, 15) is 0 Å². The number of hydrogen-bond acceptors (Lipinski definition) is 2. The summed E-state index contributed by atoms with van der Waals surface area (Å²) in [4.78, 5) is 0. The lowest BCUT2D eigenvalue weighted by atomic mass is 10.1. The molecule has 0 radical (unpaired) electrons. The molecule has 0 fully saturated rings. The molecule has 2 N–H and O–H groups in total. The van der Waals surface area contributed by atoms with Crippen LogP contribution in [0.2, 0.25) is 0 Å². The Labute approximate surface area is 103 Å². The van der Waals surface area contributed by atoms with Crippen molar-refractivity contribution in [2.24, 2.45) is 5.84 Å². The van der Waals surface area contributed by atoms with Gasteiger partial charge in [0.1, 0.15) is 0 Å². The molecule has 0 saturated carbocycles. The molecular weight excluding hydrogens is 208 g/mol. The van der Waals surface area contributed by atoms with Crippen LogP contribution in [-0.4, -0.2) is 0 Å². The van der Waals surface area contributed by atoms with Crippen molar-refractivity contribution in [2.75, 3.05) is 5.01 Å². The van der Waals surface area contributed by atoms with E-state index in [-0.39, 0.29) is 0 Å². The van der Waals surface area contributed by atoms with E-state index in [1.165, 1.54) is 11.1 Å². The number of rotatable bonds is 4. The summed E-state index contributed by atoms with van der Waals surface area (Å²) in [5, 5.41) is 1.79. The third-order valence-corrected chi connectivity index (χ3v) is 2.85. The third kappa shape index (κ3) is 3.08. The van der Waals surface area contributed by atoms with Gasteiger partial charge in [-0.25, -0.2) is 5.84 Å². The maximum atomic E-state index is 6.08. The van der Waals surface area contributed by atoms with Crippen molar-refractivity contribution < 1.29 is 0 Å². The molecule has 0 spiro atoms. The van der Waals surface area contributed by atoms with E-state index < -0.39 is 0 Å². The molecule has 2 aromatic carbocycles. The molecule has 0 atom stereocenters. The highest BCUT2D eigenvalue weighted by atomic mass is 15.4. The van der Waals surface area contributed by atoms with Gasteiger partial charge in [0, 0.05) is 0 Å². The number of nitrogens with two attached hydrogens (primary N) is 1. The molecule has 0 unspecified atom stereocenters. The van der Waals surface area contributed by atoms with Gasteiger partial charge in [-0.15, -0.1) is 0 Å². The second-order valence-electron chi connectivity index (χ2n) is 4.14. The van der Waals surface area contributed by atoms with Crippen LogP contribution in [0.15, 0.2) is 54.6 Å². The average molecular weight is 226 g/mol. The van der Waals surface area contributed by atoms with Crippen molar-refractivity contribution in [3.8, 4) is 0 Å². The predicted molar refractivity (Wildman–Crippen MR) is 72.6 cm³/mol. The molecule has 0 aromatic heterocycles. The van der Waals surface area contributed by atoms with E-state index in [1.807, 2.05) is 24.3 Å². The first-order valence-electron chi connectivity index (χ1n) is 5.94. The van der Waals surface area contributed by atoms with Gasteiger partial charge in [0.25, 0.3) is 0 Å². The number of hydrogen-bond donors (Lipinski definition) is 1. The van der Waals surface area contributed by atoms with Gasteiger partial charge in [-0.3, -0.25) is 0 Å². The molecule has 88 valence electrons. The molecule has 0 aliphatic heterocycles. The van der Waals surface area contributed by atoms with Crippen LogP contribution in [0.25, 0.3) is 0 Å². The van der Waals surface area contributed by atoms with Gasteiger partial charge in [0.05, 0.1) is 12.2 Å². The Kier molecular flexibility index (Phi) is 3.78. The summed E-state index contributed by atoms with van der Waals surface area (Å²) in [6, 6.07) is 18.6. The topological polar surface area (TPSA) is 29.3 Å². The van der Waals surface area contributed by atoms with Crippen LogP contribution in [0.5, 0.6) is 0 Å². The van der Waals surface area contributed by atoms with Gasteiger partial charge < -0.3 is 5.01 Å². The molecule has 0 aliphatic carbocycles. The minimum absolute atomic E-state index is 0.730. The first kappa shape index (κ1) is 11.7. The van der Waals surface area contributed by atoms with Crippen molar-refractivity contribution in [1.82, 2.24) is 0 Å². The Balaban J connectivity index is 2.11. The van der Waals surface area contributed by atoms with Crippen molar-refractivity contribution in [2.45, 2.75) is 19.9 Å². The minimum Gasteiger partial charge on any atom is -0.307 e. The zero-order valence-electron chi connectivity index (χ0n) is 10.1. The van der Waals surface area contributed by atoms with Crippen LogP contribution in [0.4, 0.5) is 5.69 Å². The molecule has 2 aromatic rings. The Morgan fingerprint density at radius 1 is 0.941 bits per heavy atom. The summed E-state index contributed by atoms with van der Waals surface area (Å²) >= 11 is 0. The first-order valence-corrected chi connectivity index (χ1v) is 5.94. The van der Waals surface area contributed by atoms with Crippen LogP contribution in [0.1, 0.15) is 18.1 Å². The average Bonchev–Trinajstić information content (AvgIpc) is 2.40. The SMILES string of the molecule is CCc1cccc(N(N)Cc2ccccc2)c1. The van der Waals surface area contributed by atoms with E-state index in [0.717, 1.165) is 18.7 Å². The monoisotopic (exact) mass is 226 g/mol. The number of anilines is 1. The molecule has 0 bridgehead atoms. The van der Waals surface area contributed by atoms with E-state index in [0.29, 0.717) is 0 Å². The van der Waals surface area contributed by atoms with Crippen LogP contribution in [0, 0.1) is 0 Å². The molecule has 0 heterocycles. The van der Waals surface area contributed by atoms with Crippen molar-refractivity contribution in [1.29, 1.82) is 0 Å². The molecule has 0 saturated heterocycles. The molecule has 2 rings (SSSR count). The van der Waals surface area contributed by atoms with Gasteiger partial charge in [-0.05, 0) is 29.7 Å². The molecule has 0 amide bonds. The molecule has 2 nitrogen and oxygen atoms in total. The Morgan fingerprint density at radius 3 is 2.35 bits per heavy atom. The highest BCUT2D eigenvalue weighted by Crippen LogP contribution is 2.16. The minimum atomic E-state index is 0.730. The van der Waals surface area contributed by atoms with Gasteiger partial charge >= 0.3 is 0 Å². The maximum absolute atomic E-state index is 6.08. The van der Waals surface area contributed by atoms with E-state index in [4.69, 9.17) is 5.84 Å². The van der Waals surface area contributed by atoms with Crippen LogP contribution < -0.4 is 10.9 Å². The number of benzene rings is 2. The zero-order chi connectivity index (χ0) is 12.1. The fraction of sp³-hybridized carbons (Fsp3) is 0.200. The summed E-state index contributed by atoms with van der Waals surface area (Å²) in [6.07, 6.45) is 1.03. The first-order chi connectivity index (χ1) is 8.29. The fourth-order valence-electron chi connectivity index (χ4n) is 1.83. The largest absolute Gasteiger partial charge is 0.307 e. The van der Waals surface area contributed by atoms with E-state index in [1.54, 1.807) is 5.01 Å². The Hall–Kier alpha value is -1.80. The second-order valence-corrected chi connectivity index (χ2v) is 4.14. The quantitative estimate of drug-likeness (QED) is 0.641. The lowest BCUT2D eigenvalue weighted by molar-refractivity contribution is 0.851. The Morgan fingerprint density at radius 2 is 1.65 bits per heavy atom. The number of hydrazine groups is 1.